The Balaban J connectivity index is 2.07. The zero-order valence-electron chi connectivity index (χ0n) is 20.6. The number of hydrogen-bond acceptors (Lipinski definition) is 8. The lowest BCUT2D eigenvalue weighted by atomic mass is 10.0. The Morgan fingerprint density at radius 3 is 2.61 bits per heavy atom. The molecule has 11 heteroatoms. The van der Waals surface area contributed by atoms with Gasteiger partial charge in [-0.25, -0.2) is 19.1 Å². The molecule has 0 bridgehead atoms. The molecule has 4 rings (SSSR count). The molecule has 0 saturated heterocycles. The predicted molar refractivity (Wildman–Crippen MR) is 135 cm³/mol. The number of oxazole rings is 1. The quantitative estimate of drug-likeness (QED) is 0.358. The summed E-state index contributed by atoms with van der Waals surface area (Å²) in [5, 5.41) is 10.1. The fraction of sp³-hybridized carbons (Fsp3) is 0.360. The van der Waals surface area contributed by atoms with Crippen molar-refractivity contribution in [3.63, 3.8) is 0 Å². The highest BCUT2D eigenvalue weighted by Crippen LogP contribution is 2.37. The molecular weight excluding hydrogens is 486 g/mol. The van der Waals surface area contributed by atoms with Crippen LogP contribution in [0.25, 0.3) is 21.7 Å². The SMILES string of the molecule is CCO[C@@H](Cn1c(=O)n(C(C)(C)C(=O)O)c(=O)c2c(-c3ncco3)c(C)sc21)c1ccccc1OC. The van der Waals surface area contributed by atoms with Gasteiger partial charge in [-0.15, -0.1) is 11.3 Å². The summed E-state index contributed by atoms with van der Waals surface area (Å²) in [4.78, 5) is 45.0. The number of benzene rings is 1. The van der Waals surface area contributed by atoms with Crippen LogP contribution in [0.2, 0.25) is 0 Å². The number of ether oxygens (including phenoxy) is 2. The maximum absolute atomic E-state index is 13.8. The van der Waals surface area contributed by atoms with Gasteiger partial charge < -0.3 is 19.0 Å². The van der Waals surface area contributed by atoms with Gasteiger partial charge in [0.2, 0.25) is 5.89 Å². The van der Waals surface area contributed by atoms with Crippen LogP contribution in [0.3, 0.4) is 0 Å². The van der Waals surface area contributed by atoms with Crippen molar-refractivity contribution in [1.29, 1.82) is 0 Å². The fourth-order valence-corrected chi connectivity index (χ4v) is 5.35. The number of nitrogens with zero attached hydrogens (tertiary/aromatic N) is 3. The topological polar surface area (TPSA) is 126 Å². The molecule has 1 N–H and O–H groups in total. The Morgan fingerprint density at radius 2 is 2.00 bits per heavy atom. The van der Waals surface area contributed by atoms with Crippen LogP contribution < -0.4 is 16.0 Å². The maximum atomic E-state index is 13.8. The number of aromatic nitrogens is 3. The van der Waals surface area contributed by atoms with Crippen molar-refractivity contribution in [2.45, 2.75) is 45.9 Å². The van der Waals surface area contributed by atoms with Gasteiger partial charge in [-0.05, 0) is 33.8 Å². The summed E-state index contributed by atoms with van der Waals surface area (Å²) >= 11 is 1.24. The van der Waals surface area contributed by atoms with E-state index in [2.05, 4.69) is 4.98 Å². The second-order valence-corrected chi connectivity index (χ2v) is 9.84. The minimum absolute atomic E-state index is 0.0184. The van der Waals surface area contributed by atoms with Crippen LogP contribution in [-0.4, -0.2) is 38.9 Å². The van der Waals surface area contributed by atoms with E-state index in [1.165, 1.54) is 42.2 Å². The molecular formula is C25H27N3O7S. The van der Waals surface area contributed by atoms with E-state index in [9.17, 15) is 19.5 Å². The first-order valence-corrected chi connectivity index (χ1v) is 12.1. The van der Waals surface area contributed by atoms with E-state index in [1.807, 2.05) is 25.1 Å². The molecule has 36 heavy (non-hydrogen) atoms. The summed E-state index contributed by atoms with van der Waals surface area (Å²) in [6.07, 6.45) is 2.24. The average molecular weight is 514 g/mol. The van der Waals surface area contributed by atoms with E-state index in [4.69, 9.17) is 13.9 Å². The first kappa shape index (κ1) is 25.4. The number of aryl methyl sites for hydroxylation is 1. The lowest BCUT2D eigenvalue weighted by molar-refractivity contribution is -0.146. The van der Waals surface area contributed by atoms with E-state index >= 15 is 0 Å². The van der Waals surface area contributed by atoms with Gasteiger partial charge >= 0.3 is 11.7 Å². The summed E-state index contributed by atoms with van der Waals surface area (Å²) in [7, 11) is 1.55. The van der Waals surface area contributed by atoms with Crippen molar-refractivity contribution in [1.82, 2.24) is 14.1 Å². The highest BCUT2D eigenvalue weighted by atomic mass is 32.1. The fourth-order valence-electron chi connectivity index (χ4n) is 4.22. The zero-order chi connectivity index (χ0) is 26.2. The molecule has 0 fully saturated rings. The van der Waals surface area contributed by atoms with E-state index in [0.717, 1.165) is 10.1 Å². The Morgan fingerprint density at radius 1 is 1.28 bits per heavy atom. The molecule has 0 amide bonds. The van der Waals surface area contributed by atoms with Crippen LogP contribution in [0, 0.1) is 6.92 Å². The van der Waals surface area contributed by atoms with Crippen molar-refractivity contribution < 1.29 is 23.8 Å². The van der Waals surface area contributed by atoms with E-state index in [-0.39, 0.29) is 17.8 Å². The summed E-state index contributed by atoms with van der Waals surface area (Å²) in [5.41, 5.74) is -2.14. The van der Waals surface area contributed by atoms with Gasteiger partial charge in [-0.2, -0.15) is 0 Å². The summed E-state index contributed by atoms with van der Waals surface area (Å²) in [6, 6.07) is 7.31. The second kappa shape index (κ2) is 9.75. The third-order valence-corrected chi connectivity index (χ3v) is 7.21. The Labute approximate surface area is 210 Å². The lowest BCUT2D eigenvalue weighted by Gasteiger charge is -2.25. The van der Waals surface area contributed by atoms with Gasteiger partial charge in [-0.1, -0.05) is 18.2 Å². The van der Waals surface area contributed by atoms with Gasteiger partial charge in [0.25, 0.3) is 5.56 Å². The minimum Gasteiger partial charge on any atom is -0.496 e. The highest BCUT2D eigenvalue weighted by molar-refractivity contribution is 7.19. The van der Waals surface area contributed by atoms with E-state index < -0.39 is 28.9 Å². The standard InChI is InChI=1S/C25H27N3O7S/c1-6-34-17(15-9-7-8-10-16(15)33-5)13-27-22-19(18(14(2)36-22)20-26-11-12-35-20)21(29)28(24(27)32)25(3,4)23(30)31/h7-12,17H,6,13H2,1-5H3,(H,30,31)/t17-/m0/s1. The predicted octanol–water partition coefficient (Wildman–Crippen LogP) is 3.79. The van der Waals surface area contributed by atoms with E-state index in [0.29, 0.717) is 27.6 Å². The van der Waals surface area contributed by atoms with E-state index in [1.54, 1.807) is 20.1 Å². The third-order valence-electron chi connectivity index (χ3n) is 6.08. The number of carbonyl (C=O) groups is 1. The molecule has 0 aliphatic rings. The van der Waals surface area contributed by atoms with Crippen molar-refractivity contribution in [3.05, 3.63) is 68.0 Å². The molecule has 10 nitrogen and oxygen atoms in total. The molecule has 0 saturated carbocycles. The number of hydrogen-bond donors (Lipinski definition) is 1. The van der Waals surface area contributed by atoms with Gasteiger partial charge in [0.05, 0.1) is 30.8 Å². The summed E-state index contributed by atoms with van der Waals surface area (Å²) in [6.45, 7) is 6.64. The number of thiophene rings is 1. The molecule has 3 heterocycles. The molecule has 1 aromatic carbocycles. The van der Waals surface area contributed by atoms with Gasteiger partial charge in [-0.3, -0.25) is 9.36 Å². The monoisotopic (exact) mass is 513 g/mol. The largest absolute Gasteiger partial charge is 0.496 e. The number of aliphatic carboxylic acids is 1. The number of para-hydroxylation sites is 1. The normalized spacial score (nSPS) is 12.7. The van der Waals surface area contributed by atoms with Gasteiger partial charge in [0.15, 0.2) is 0 Å². The highest BCUT2D eigenvalue weighted by Gasteiger charge is 2.36. The molecule has 0 aliphatic heterocycles. The summed E-state index contributed by atoms with van der Waals surface area (Å²) in [5.74, 6) is -0.516. The van der Waals surface area contributed by atoms with Crippen molar-refractivity contribution in [2.75, 3.05) is 13.7 Å². The first-order valence-electron chi connectivity index (χ1n) is 11.3. The Bertz CT molecular complexity index is 1530. The number of methoxy groups -OCH3 is 1. The molecule has 1 atom stereocenters. The molecule has 3 aromatic heterocycles. The first-order chi connectivity index (χ1) is 17.1. The van der Waals surface area contributed by atoms with Gasteiger partial charge in [0, 0.05) is 17.0 Å². The van der Waals surface area contributed by atoms with Crippen LogP contribution >= 0.6 is 11.3 Å². The summed E-state index contributed by atoms with van der Waals surface area (Å²) < 4.78 is 19.2. The van der Waals surface area contributed by atoms with Gasteiger partial charge in [0.1, 0.15) is 28.5 Å². The van der Waals surface area contributed by atoms with Crippen LogP contribution in [-0.2, 0) is 21.6 Å². The number of rotatable bonds is 9. The van der Waals surface area contributed by atoms with Crippen LogP contribution in [0.4, 0.5) is 0 Å². The molecule has 0 spiro atoms. The third kappa shape index (κ3) is 4.14. The zero-order valence-corrected chi connectivity index (χ0v) is 21.4. The molecule has 0 aliphatic carbocycles. The number of carboxylic acids is 1. The number of carboxylic acid groups (broad SMARTS) is 1. The second-order valence-electron chi connectivity index (χ2n) is 8.63. The average Bonchev–Trinajstić information content (AvgIpc) is 3.48. The molecule has 0 unspecified atom stereocenters. The van der Waals surface area contributed by atoms with Crippen LogP contribution in [0.1, 0.15) is 37.3 Å². The molecule has 0 radical (unpaired) electrons. The van der Waals surface area contributed by atoms with Crippen LogP contribution in [0.15, 0.2) is 50.7 Å². The van der Waals surface area contributed by atoms with Crippen molar-refractivity contribution >= 4 is 27.5 Å². The smallest absolute Gasteiger partial charge is 0.333 e. The lowest BCUT2D eigenvalue weighted by Crippen LogP contribution is -2.52. The maximum Gasteiger partial charge on any atom is 0.333 e. The van der Waals surface area contributed by atoms with Crippen LogP contribution in [0.5, 0.6) is 5.75 Å². The Hall–Kier alpha value is -3.70. The molecule has 190 valence electrons. The minimum atomic E-state index is -1.82. The Kier molecular flexibility index (Phi) is 6.87. The number of fused-ring (bicyclic) bond motifs is 1. The van der Waals surface area contributed by atoms with Crippen molar-refractivity contribution in [2.24, 2.45) is 0 Å². The molecule has 4 aromatic rings. The van der Waals surface area contributed by atoms with Crippen molar-refractivity contribution in [3.8, 4) is 17.2 Å².